The molecule has 0 unspecified atom stereocenters. The topological polar surface area (TPSA) is 66.5 Å². The predicted octanol–water partition coefficient (Wildman–Crippen LogP) is 2.93. The molecular formula is C20H26N2O3. The van der Waals surface area contributed by atoms with Gasteiger partial charge in [0.1, 0.15) is 6.54 Å². The Balaban J connectivity index is 1.73. The fourth-order valence-corrected chi connectivity index (χ4v) is 4.11. The molecule has 0 aromatic heterocycles. The third kappa shape index (κ3) is 3.32. The molecule has 1 aromatic rings. The lowest BCUT2D eigenvalue weighted by molar-refractivity contribution is -0.142. The van der Waals surface area contributed by atoms with Crippen LogP contribution in [0, 0.1) is 11.8 Å². The maximum atomic E-state index is 12.5. The van der Waals surface area contributed by atoms with Gasteiger partial charge in [-0.3, -0.25) is 19.3 Å². The number of carbonyl (C=O) groups excluding carboxylic acids is 3. The molecule has 1 heterocycles. The Kier molecular flexibility index (Phi) is 5.21. The highest BCUT2D eigenvalue weighted by Gasteiger charge is 2.48. The molecule has 25 heavy (non-hydrogen) atoms. The van der Waals surface area contributed by atoms with Crippen LogP contribution >= 0.6 is 0 Å². The Morgan fingerprint density at radius 2 is 1.56 bits per heavy atom. The minimum absolute atomic E-state index is 0.163. The van der Waals surface area contributed by atoms with E-state index in [-0.39, 0.29) is 36.1 Å². The summed E-state index contributed by atoms with van der Waals surface area (Å²) in [7, 11) is 0. The number of imide groups is 1. The molecular weight excluding hydrogens is 316 g/mol. The number of anilines is 1. The Morgan fingerprint density at radius 1 is 1.04 bits per heavy atom. The van der Waals surface area contributed by atoms with Crippen LogP contribution in [-0.4, -0.2) is 29.2 Å². The summed E-state index contributed by atoms with van der Waals surface area (Å²) in [6.45, 7) is 3.91. The number of para-hydroxylation sites is 1. The summed E-state index contributed by atoms with van der Waals surface area (Å²) < 4.78 is 0. The molecule has 5 heteroatoms. The highest BCUT2D eigenvalue weighted by atomic mass is 16.2. The van der Waals surface area contributed by atoms with Gasteiger partial charge in [0.15, 0.2) is 0 Å². The summed E-state index contributed by atoms with van der Waals surface area (Å²) >= 11 is 0. The number of fused-ring (bicyclic) bond motifs is 1. The number of hydrogen-bond donors (Lipinski definition) is 1. The van der Waals surface area contributed by atoms with Crippen molar-refractivity contribution in [1.29, 1.82) is 0 Å². The summed E-state index contributed by atoms with van der Waals surface area (Å²) in [6.07, 6.45) is 5.15. The molecule has 134 valence electrons. The molecule has 1 aliphatic heterocycles. The van der Waals surface area contributed by atoms with Crippen LogP contribution < -0.4 is 5.32 Å². The number of rotatable bonds is 5. The van der Waals surface area contributed by atoms with Crippen molar-refractivity contribution in [3.8, 4) is 0 Å². The van der Waals surface area contributed by atoms with Gasteiger partial charge in [-0.2, -0.15) is 0 Å². The normalized spacial score (nSPS) is 22.9. The van der Waals surface area contributed by atoms with E-state index >= 15 is 0 Å². The van der Waals surface area contributed by atoms with Gasteiger partial charge in [-0.1, -0.05) is 44.9 Å². The SMILES string of the molecule is CCc1cccc(CC)c1NC(=O)CN1C(=O)[C@H]2CCCC[C@@H]2C1=O. The van der Waals surface area contributed by atoms with Crippen LogP contribution in [0.4, 0.5) is 5.69 Å². The molecule has 1 saturated heterocycles. The number of carbonyl (C=O) groups is 3. The molecule has 1 N–H and O–H groups in total. The molecule has 2 atom stereocenters. The molecule has 0 spiro atoms. The molecule has 0 radical (unpaired) electrons. The average Bonchev–Trinajstić information content (AvgIpc) is 2.87. The highest BCUT2D eigenvalue weighted by Crippen LogP contribution is 2.37. The van der Waals surface area contributed by atoms with Crippen LogP contribution in [0.1, 0.15) is 50.7 Å². The van der Waals surface area contributed by atoms with Crippen molar-refractivity contribution in [2.45, 2.75) is 52.4 Å². The maximum Gasteiger partial charge on any atom is 0.244 e. The highest BCUT2D eigenvalue weighted by molar-refractivity contribution is 6.08. The quantitative estimate of drug-likeness (QED) is 0.837. The zero-order valence-electron chi connectivity index (χ0n) is 15.0. The first kappa shape index (κ1) is 17.6. The van der Waals surface area contributed by atoms with E-state index in [1.807, 2.05) is 32.0 Å². The lowest BCUT2D eigenvalue weighted by Crippen LogP contribution is -2.38. The summed E-state index contributed by atoms with van der Waals surface area (Å²) in [6, 6.07) is 5.98. The van der Waals surface area contributed by atoms with Crippen molar-refractivity contribution in [2.75, 3.05) is 11.9 Å². The van der Waals surface area contributed by atoms with Crippen LogP contribution in [0.2, 0.25) is 0 Å². The zero-order chi connectivity index (χ0) is 18.0. The molecule has 0 bridgehead atoms. The zero-order valence-corrected chi connectivity index (χ0v) is 15.0. The van der Waals surface area contributed by atoms with E-state index < -0.39 is 0 Å². The van der Waals surface area contributed by atoms with Gasteiger partial charge >= 0.3 is 0 Å². The third-order valence-electron chi connectivity index (χ3n) is 5.50. The van der Waals surface area contributed by atoms with Crippen molar-refractivity contribution in [1.82, 2.24) is 4.90 Å². The predicted molar refractivity (Wildman–Crippen MR) is 96.0 cm³/mol. The molecule has 3 rings (SSSR count). The van der Waals surface area contributed by atoms with Crippen molar-refractivity contribution in [2.24, 2.45) is 11.8 Å². The second-order valence-corrected chi connectivity index (χ2v) is 6.97. The Hall–Kier alpha value is -2.17. The lowest BCUT2D eigenvalue weighted by atomic mass is 9.81. The Labute approximate surface area is 148 Å². The van der Waals surface area contributed by atoms with Crippen molar-refractivity contribution in [3.05, 3.63) is 29.3 Å². The van der Waals surface area contributed by atoms with Crippen molar-refractivity contribution < 1.29 is 14.4 Å². The largest absolute Gasteiger partial charge is 0.324 e. The van der Waals surface area contributed by atoms with E-state index in [0.29, 0.717) is 0 Å². The maximum absolute atomic E-state index is 12.5. The number of aryl methyl sites for hydroxylation is 2. The van der Waals surface area contributed by atoms with E-state index in [2.05, 4.69) is 5.32 Å². The number of benzene rings is 1. The van der Waals surface area contributed by atoms with Crippen LogP contribution in [-0.2, 0) is 27.2 Å². The number of likely N-dealkylation sites (tertiary alicyclic amines) is 1. The molecule has 2 aliphatic rings. The van der Waals surface area contributed by atoms with Crippen LogP contribution in [0.15, 0.2) is 18.2 Å². The van der Waals surface area contributed by atoms with Gasteiger partial charge in [-0.15, -0.1) is 0 Å². The first-order valence-electron chi connectivity index (χ1n) is 9.32. The number of amides is 3. The second-order valence-electron chi connectivity index (χ2n) is 6.97. The number of nitrogens with zero attached hydrogens (tertiary/aromatic N) is 1. The summed E-state index contributed by atoms with van der Waals surface area (Å²) in [4.78, 5) is 38.7. The molecule has 1 aliphatic carbocycles. The summed E-state index contributed by atoms with van der Waals surface area (Å²) in [5.41, 5.74) is 2.97. The third-order valence-corrected chi connectivity index (χ3v) is 5.50. The first-order valence-corrected chi connectivity index (χ1v) is 9.32. The van der Waals surface area contributed by atoms with Crippen molar-refractivity contribution in [3.63, 3.8) is 0 Å². The number of nitrogens with one attached hydrogen (secondary N) is 1. The molecule has 1 aromatic carbocycles. The van der Waals surface area contributed by atoms with Gasteiger partial charge in [0.25, 0.3) is 0 Å². The monoisotopic (exact) mass is 342 g/mol. The molecule has 1 saturated carbocycles. The van der Waals surface area contributed by atoms with E-state index in [1.165, 1.54) is 4.90 Å². The lowest BCUT2D eigenvalue weighted by Gasteiger charge is -2.19. The van der Waals surface area contributed by atoms with E-state index in [4.69, 9.17) is 0 Å². The van der Waals surface area contributed by atoms with E-state index in [9.17, 15) is 14.4 Å². The van der Waals surface area contributed by atoms with Gasteiger partial charge in [0.2, 0.25) is 17.7 Å². The van der Waals surface area contributed by atoms with Crippen LogP contribution in [0.5, 0.6) is 0 Å². The van der Waals surface area contributed by atoms with Gasteiger partial charge in [-0.05, 0) is 36.8 Å². The summed E-state index contributed by atoms with van der Waals surface area (Å²) in [5, 5.41) is 2.95. The second kappa shape index (κ2) is 7.38. The fraction of sp³-hybridized carbons (Fsp3) is 0.550. The van der Waals surface area contributed by atoms with Gasteiger partial charge in [0, 0.05) is 5.69 Å². The smallest absolute Gasteiger partial charge is 0.244 e. The minimum Gasteiger partial charge on any atom is -0.324 e. The average molecular weight is 342 g/mol. The Morgan fingerprint density at radius 3 is 2.04 bits per heavy atom. The van der Waals surface area contributed by atoms with Gasteiger partial charge in [-0.25, -0.2) is 0 Å². The summed E-state index contributed by atoms with van der Waals surface area (Å²) in [5.74, 6) is -1.03. The number of hydrogen-bond acceptors (Lipinski definition) is 3. The molecule has 5 nitrogen and oxygen atoms in total. The van der Waals surface area contributed by atoms with E-state index in [1.54, 1.807) is 0 Å². The van der Waals surface area contributed by atoms with Gasteiger partial charge < -0.3 is 5.32 Å². The Bertz CT molecular complexity index is 652. The molecule has 2 fully saturated rings. The van der Waals surface area contributed by atoms with Gasteiger partial charge in [0.05, 0.1) is 11.8 Å². The fourth-order valence-electron chi connectivity index (χ4n) is 4.11. The first-order chi connectivity index (χ1) is 12.1. The standard InChI is InChI=1S/C20H26N2O3/c1-3-13-8-7-9-14(4-2)18(13)21-17(23)12-22-19(24)15-10-5-6-11-16(15)20(22)25/h7-9,15-16H,3-6,10-12H2,1-2H3,(H,21,23)/t15-,16-/m0/s1. The molecule has 3 amide bonds. The van der Waals surface area contributed by atoms with Crippen LogP contribution in [0.3, 0.4) is 0 Å². The van der Waals surface area contributed by atoms with Crippen molar-refractivity contribution >= 4 is 23.4 Å². The van der Waals surface area contributed by atoms with Crippen LogP contribution in [0.25, 0.3) is 0 Å². The van der Waals surface area contributed by atoms with E-state index in [0.717, 1.165) is 55.3 Å². The minimum atomic E-state index is -0.295.